The molecule has 1 atom stereocenters. The van der Waals surface area contributed by atoms with Gasteiger partial charge in [-0.2, -0.15) is 0 Å². The quantitative estimate of drug-likeness (QED) is 0.666. The minimum absolute atomic E-state index is 0.0558. The minimum atomic E-state index is -0.852. The van der Waals surface area contributed by atoms with Gasteiger partial charge in [-0.15, -0.1) is 0 Å². The maximum absolute atomic E-state index is 12.2. The third-order valence-corrected chi connectivity index (χ3v) is 3.43. The van der Waals surface area contributed by atoms with Crippen LogP contribution in [0, 0.1) is 11.8 Å². The van der Waals surface area contributed by atoms with Crippen LogP contribution in [0.25, 0.3) is 0 Å². The summed E-state index contributed by atoms with van der Waals surface area (Å²) in [5.41, 5.74) is 0. The second kappa shape index (κ2) is 9.75. The van der Waals surface area contributed by atoms with Crippen LogP contribution in [-0.2, 0) is 9.59 Å². The van der Waals surface area contributed by atoms with Crippen molar-refractivity contribution in [3.05, 3.63) is 0 Å². The summed E-state index contributed by atoms with van der Waals surface area (Å²) in [6.07, 6.45) is 0.477. The minimum Gasteiger partial charge on any atom is -0.481 e. The lowest BCUT2D eigenvalue weighted by Crippen LogP contribution is -2.42. The molecule has 0 aromatic rings. The Bertz CT molecular complexity index is 301. The molecule has 0 spiro atoms. The summed E-state index contributed by atoms with van der Waals surface area (Å²) >= 11 is 0. The first kappa shape index (κ1) is 18.9. The number of carboxylic acids is 1. The third-order valence-electron chi connectivity index (χ3n) is 3.43. The molecule has 20 heavy (non-hydrogen) atoms. The second-order valence-corrected chi connectivity index (χ2v) is 5.70. The summed E-state index contributed by atoms with van der Waals surface area (Å²) in [7, 11) is 0. The van der Waals surface area contributed by atoms with Gasteiger partial charge in [0.15, 0.2) is 0 Å². The summed E-state index contributed by atoms with van der Waals surface area (Å²) in [5.74, 6) is -1.03. The van der Waals surface area contributed by atoms with E-state index in [9.17, 15) is 9.59 Å². The standard InChI is InChI=1S/C15H30N2O3/c1-6-16(7-2)8-9-17(11-13(5)15(19)20)14(18)10-12(3)4/h12-13H,6-11H2,1-5H3,(H,19,20). The number of hydrogen-bond acceptors (Lipinski definition) is 3. The Morgan fingerprint density at radius 1 is 1.05 bits per heavy atom. The summed E-state index contributed by atoms with van der Waals surface area (Å²) < 4.78 is 0. The highest BCUT2D eigenvalue weighted by molar-refractivity contribution is 5.77. The van der Waals surface area contributed by atoms with Gasteiger partial charge in [-0.1, -0.05) is 34.6 Å². The number of amides is 1. The summed E-state index contributed by atoms with van der Waals surface area (Å²) in [4.78, 5) is 27.1. The van der Waals surface area contributed by atoms with E-state index in [4.69, 9.17) is 5.11 Å². The maximum atomic E-state index is 12.2. The molecule has 0 bridgehead atoms. The average Bonchev–Trinajstić information content (AvgIpc) is 2.37. The number of hydrogen-bond donors (Lipinski definition) is 1. The highest BCUT2D eigenvalue weighted by atomic mass is 16.4. The fourth-order valence-corrected chi connectivity index (χ4v) is 2.01. The zero-order valence-corrected chi connectivity index (χ0v) is 13.6. The zero-order chi connectivity index (χ0) is 15.7. The van der Waals surface area contributed by atoms with E-state index in [-0.39, 0.29) is 5.91 Å². The first-order valence-corrected chi connectivity index (χ1v) is 7.54. The lowest BCUT2D eigenvalue weighted by atomic mass is 10.1. The number of carbonyl (C=O) groups is 2. The first-order chi connectivity index (χ1) is 9.31. The normalized spacial score (nSPS) is 12.8. The molecular formula is C15H30N2O3. The van der Waals surface area contributed by atoms with Crippen molar-refractivity contribution in [2.45, 2.75) is 41.0 Å². The van der Waals surface area contributed by atoms with Crippen LogP contribution in [0.2, 0.25) is 0 Å². The summed E-state index contributed by atoms with van der Waals surface area (Å²) in [6, 6.07) is 0. The van der Waals surface area contributed by atoms with E-state index in [1.54, 1.807) is 11.8 Å². The predicted octanol–water partition coefficient (Wildman–Crippen LogP) is 1.92. The van der Waals surface area contributed by atoms with Crippen molar-refractivity contribution in [1.29, 1.82) is 0 Å². The Hall–Kier alpha value is -1.10. The van der Waals surface area contributed by atoms with Crippen molar-refractivity contribution in [3.63, 3.8) is 0 Å². The van der Waals surface area contributed by atoms with Crippen LogP contribution in [0.4, 0.5) is 0 Å². The molecule has 5 heteroatoms. The molecule has 0 aliphatic heterocycles. The average molecular weight is 286 g/mol. The Balaban J connectivity index is 4.61. The van der Waals surface area contributed by atoms with Crippen molar-refractivity contribution < 1.29 is 14.7 Å². The van der Waals surface area contributed by atoms with Crippen LogP contribution in [0.3, 0.4) is 0 Å². The van der Waals surface area contributed by atoms with E-state index < -0.39 is 11.9 Å². The molecule has 118 valence electrons. The van der Waals surface area contributed by atoms with Gasteiger partial charge in [0.2, 0.25) is 5.91 Å². The molecule has 0 aromatic heterocycles. The SMILES string of the molecule is CCN(CC)CCN(CC(C)C(=O)O)C(=O)CC(C)C. The zero-order valence-electron chi connectivity index (χ0n) is 13.6. The van der Waals surface area contributed by atoms with E-state index in [1.165, 1.54) is 0 Å². The maximum Gasteiger partial charge on any atom is 0.308 e. The number of rotatable bonds is 10. The molecule has 0 aromatic carbocycles. The van der Waals surface area contributed by atoms with Gasteiger partial charge >= 0.3 is 5.97 Å². The van der Waals surface area contributed by atoms with Gasteiger partial charge in [-0.05, 0) is 19.0 Å². The third kappa shape index (κ3) is 7.48. The molecule has 0 heterocycles. The van der Waals surface area contributed by atoms with Crippen molar-refractivity contribution in [3.8, 4) is 0 Å². The van der Waals surface area contributed by atoms with Gasteiger partial charge in [0, 0.05) is 26.1 Å². The van der Waals surface area contributed by atoms with E-state index in [0.717, 1.165) is 19.6 Å². The fraction of sp³-hybridized carbons (Fsp3) is 0.867. The molecule has 1 unspecified atom stereocenters. The Morgan fingerprint density at radius 2 is 1.60 bits per heavy atom. The van der Waals surface area contributed by atoms with Crippen LogP contribution in [-0.4, -0.2) is 59.5 Å². The highest BCUT2D eigenvalue weighted by Gasteiger charge is 2.21. The van der Waals surface area contributed by atoms with E-state index in [1.807, 2.05) is 13.8 Å². The largest absolute Gasteiger partial charge is 0.481 e. The molecule has 5 nitrogen and oxygen atoms in total. The van der Waals surface area contributed by atoms with Crippen molar-refractivity contribution in [2.75, 3.05) is 32.7 Å². The number of likely N-dealkylation sites (N-methyl/N-ethyl adjacent to an activating group) is 1. The summed E-state index contributed by atoms with van der Waals surface area (Å²) in [6.45, 7) is 13.4. The van der Waals surface area contributed by atoms with Gasteiger partial charge in [0.1, 0.15) is 0 Å². The number of carbonyl (C=O) groups excluding carboxylic acids is 1. The van der Waals surface area contributed by atoms with Crippen LogP contribution in [0.15, 0.2) is 0 Å². The van der Waals surface area contributed by atoms with Crippen LogP contribution >= 0.6 is 0 Å². The van der Waals surface area contributed by atoms with Crippen LogP contribution in [0.5, 0.6) is 0 Å². The van der Waals surface area contributed by atoms with Gasteiger partial charge in [0.25, 0.3) is 0 Å². The van der Waals surface area contributed by atoms with Crippen LogP contribution < -0.4 is 0 Å². The van der Waals surface area contributed by atoms with Crippen molar-refractivity contribution in [1.82, 2.24) is 9.80 Å². The van der Waals surface area contributed by atoms with Crippen molar-refractivity contribution in [2.24, 2.45) is 11.8 Å². The number of nitrogens with zero attached hydrogens (tertiary/aromatic N) is 2. The fourth-order valence-electron chi connectivity index (χ4n) is 2.01. The Labute approximate surface area is 122 Å². The topological polar surface area (TPSA) is 60.9 Å². The first-order valence-electron chi connectivity index (χ1n) is 7.54. The molecule has 0 rings (SSSR count). The lowest BCUT2D eigenvalue weighted by Gasteiger charge is -2.28. The predicted molar refractivity (Wildman–Crippen MR) is 80.6 cm³/mol. The van der Waals surface area contributed by atoms with Gasteiger partial charge in [0.05, 0.1) is 5.92 Å². The summed E-state index contributed by atoms with van der Waals surface area (Å²) in [5, 5.41) is 9.02. The lowest BCUT2D eigenvalue weighted by molar-refractivity contribution is -0.143. The molecule has 0 aliphatic carbocycles. The van der Waals surface area contributed by atoms with E-state index >= 15 is 0 Å². The number of carboxylic acid groups (broad SMARTS) is 1. The van der Waals surface area contributed by atoms with E-state index in [0.29, 0.717) is 25.4 Å². The molecule has 1 amide bonds. The van der Waals surface area contributed by atoms with Crippen LogP contribution in [0.1, 0.15) is 41.0 Å². The molecule has 0 aliphatic rings. The monoisotopic (exact) mass is 286 g/mol. The Morgan fingerprint density at radius 3 is 2.00 bits per heavy atom. The van der Waals surface area contributed by atoms with Crippen molar-refractivity contribution >= 4 is 11.9 Å². The van der Waals surface area contributed by atoms with Gasteiger partial charge < -0.3 is 14.9 Å². The Kier molecular flexibility index (Phi) is 9.21. The van der Waals surface area contributed by atoms with Gasteiger partial charge in [-0.3, -0.25) is 9.59 Å². The molecule has 0 saturated heterocycles. The van der Waals surface area contributed by atoms with E-state index in [2.05, 4.69) is 18.7 Å². The highest BCUT2D eigenvalue weighted by Crippen LogP contribution is 2.08. The number of aliphatic carboxylic acids is 1. The molecule has 1 N–H and O–H groups in total. The molecule has 0 radical (unpaired) electrons. The molecule has 0 fully saturated rings. The molecular weight excluding hydrogens is 256 g/mol. The second-order valence-electron chi connectivity index (χ2n) is 5.70. The smallest absolute Gasteiger partial charge is 0.308 e. The molecule has 0 saturated carbocycles. The van der Waals surface area contributed by atoms with Gasteiger partial charge in [-0.25, -0.2) is 0 Å².